The van der Waals surface area contributed by atoms with Crippen LogP contribution in [0.4, 0.5) is 0 Å². The van der Waals surface area contributed by atoms with E-state index in [9.17, 15) is 4.79 Å². The van der Waals surface area contributed by atoms with Gasteiger partial charge in [-0.15, -0.1) is 0 Å². The van der Waals surface area contributed by atoms with Gasteiger partial charge >= 0.3 is 0 Å². The minimum atomic E-state index is 0.0484. The van der Waals surface area contributed by atoms with Gasteiger partial charge in [0.2, 0.25) is 0 Å². The lowest BCUT2D eigenvalue weighted by molar-refractivity contribution is 0.0697. The molecule has 4 nitrogen and oxygen atoms in total. The van der Waals surface area contributed by atoms with Gasteiger partial charge < -0.3 is 15.0 Å². The van der Waals surface area contributed by atoms with Gasteiger partial charge in [-0.05, 0) is 31.1 Å². The zero-order valence-corrected chi connectivity index (χ0v) is 12.9. The van der Waals surface area contributed by atoms with Gasteiger partial charge in [0.15, 0.2) is 0 Å². The third kappa shape index (κ3) is 4.08. The Morgan fingerprint density at radius 1 is 1.48 bits per heavy atom. The lowest BCUT2D eigenvalue weighted by Crippen LogP contribution is -2.52. The predicted octanol–water partition coefficient (Wildman–Crippen LogP) is 2.47. The second-order valence-electron chi connectivity index (χ2n) is 5.55. The van der Waals surface area contributed by atoms with E-state index in [0.717, 1.165) is 31.6 Å². The number of hydrogen-bond acceptors (Lipinski definition) is 3. The first-order valence-corrected chi connectivity index (χ1v) is 7.50. The average Bonchev–Trinajstić information content (AvgIpc) is 2.52. The summed E-state index contributed by atoms with van der Waals surface area (Å²) >= 11 is 0. The molecule has 21 heavy (non-hydrogen) atoms. The molecule has 4 heteroatoms. The molecule has 1 saturated heterocycles. The Balaban J connectivity index is 2.12. The maximum absolute atomic E-state index is 12.7. The van der Waals surface area contributed by atoms with Crippen molar-refractivity contribution < 1.29 is 9.53 Å². The maximum Gasteiger partial charge on any atom is 0.257 e. The Kier molecular flexibility index (Phi) is 5.39. The highest BCUT2D eigenvalue weighted by molar-refractivity contribution is 5.97. The number of carbonyl (C=O) groups is 1. The van der Waals surface area contributed by atoms with E-state index >= 15 is 0 Å². The van der Waals surface area contributed by atoms with Crippen LogP contribution >= 0.6 is 0 Å². The van der Waals surface area contributed by atoms with Crippen molar-refractivity contribution in [2.45, 2.75) is 26.3 Å². The second kappa shape index (κ2) is 7.27. The van der Waals surface area contributed by atoms with E-state index in [2.05, 4.69) is 18.8 Å². The van der Waals surface area contributed by atoms with E-state index in [0.29, 0.717) is 24.0 Å². The quantitative estimate of drug-likeness (QED) is 0.846. The zero-order chi connectivity index (χ0) is 15.2. The van der Waals surface area contributed by atoms with Crippen molar-refractivity contribution in [1.82, 2.24) is 10.2 Å². The fourth-order valence-electron chi connectivity index (χ4n) is 2.42. The summed E-state index contributed by atoms with van der Waals surface area (Å²) in [6, 6.07) is 7.82. The van der Waals surface area contributed by atoms with Crippen molar-refractivity contribution in [1.29, 1.82) is 0 Å². The SMILES string of the molecule is C=C(C)COc1ccccc1C(=O)N1CCNC(CC)C1. The molecule has 0 aliphatic carbocycles. The lowest BCUT2D eigenvalue weighted by Gasteiger charge is -2.33. The molecular formula is C17H24N2O2. The largest absolute Gasteiger partial charge is 0.488 e. The summed E-state index contributed by atoms with van der Waals surface area (Å²) in [5, 5.41) is 3.42. The van der Waals surface area contributed by atoms with Gasteiger partial charge in [0.1, 0.15) is 12.4 Å². The average molecular weight is 288 g/mol. The third-order valence-corrected chi connectivity index (χ3v) is 3.63. The van der Waals surface area contributed by atoms with E-state index < -0.39 is 0 Å². The van der Waals surface area contributed by atoms with Gasteiger partial charge in [-0.25, -0.2) is 0 Å². The van der Waals surface area contributed by atoms with E-state index in [4.69, 9.17) is 4.74 Å². The van der Waals surface area contributed by atoms with Crippen molar-refractivity contribution in [3.63, 3.8) is 0 Å². The number of benzene rings is 1. The summed E-state index contributed by atoms with van der Waals surface area (Å²) in [5.74, 6) is 0.685. The van der Waals surface area contributed by atoms with Gasteiger partial charge in [-0.1, -0.05) is 25.6 Å². The van der Waals surface area contributed by atoms with E-state index in [1.54, 1.807) is 0 Å². The number of ether oxygens (including phenoxy) is 1. The first kappa shape index (κ1) is 15.6. The molecule has 0 spiro atoms. The first-order chi connectivity index (χ1) is 10.1. The highest BCUT2D eigenvalue weighted by atomic mass is 16.5. The zero-order valence-electron chi connectivity index (χ0n) is 12.9. The molecule has 1 aliphatic rings. The van der Waals surface area contributed by atoms with Crippen LogP contribution in [0, 0.1) is 0 Å². The number of nitrogens with one attached hydrogen (secondary N) is 1. The lowest BCUT2D eigenvalue weighted by atomic mass is 10.1. The Morgan fingerprint density at radius 2 is 2.24 bits per heavy atom. The highest BCUT2D eigenvalue weighted by Gasteiger charge is 2.24. The van der Waals surface area contributed by atoms with E-state index in [1.807, 2.05) is 36.1 Å². The van der Waals surface area contributed by atoms with Crippen LogP contribution in [0.25, 0.3) is 0 Å². The second-order valence-corrected chi connectivity index (χ2v) is 5.55. The van der Waals surface area contributed by atoms with Crippen LogP contribution in [-0.4, -0.2) is 43.1 Å². The minimum absolute atomic E-state index is 0.0484. The number of rotatable bonds is 5. The first-order valence-electron chi connectivity index (χ1n) is 7.50. The highest BCUT2D eigenvalue weighted by Crippen LogP contribution is 2.21. The molecule has 0 saturated carbocycles. The molecule has 1 N–H and O–H groups in total. The molecule has 1 amide bonds. The smallest absolute Gasteiger partial charge is 0.257 e. The van der Waals surface area contributed by atoms with Crippen LogP contribution < -0.4 is 10.1 Å². The number of nitrogens with zero attached hydrogens (tertiary/aromatic N) is 1. The maximum atomic E-state index is 12.7. The van der Waals surface area contributed by atoms with Crippen LogP contribution in [0.15, 0.2) is 36.4 Å². The van der Waals surface area contributed by atoms with Gasteiger partial charge in [0.25, 0.3) is 5.91 Å². The Hall–Kier alpha value is -1.81. The molecule has 0 aromatic heterocycles. The summed E-state index contributed by atoms with van der Waals surface area (Å²) in [6.45, 7) is 10.6. The molecule has 1 unspecified atom stereocenters. The van der Waals surface area contributed by atoms with E-state index in [-0.39, 0.29) is 5.91 Å². The molecule has 0 bridgehead atoms. The van der Waals surface area contributed by atoms with Crippen molar-refractivity contribution in [3.05, 3.63) is 42.0 Å². The van der Waals surface area contributed by atoms with Gasteiger partial charge in [0, 0.05) is 25.7 Å². The molecule has 114 valence electrons. The monoisotopic (exact) mass is 288 g/mol. The summed E-state index contributed by atoms with van der Waals surface area (Å²) in [5.41, 5.74) is 1.57. The van der Waals surface area contributed by atoms with Crippen LogP contribution in [-0.2, 0) is 0 Å². The molecule has 1 aromatic rings. The molecule has 0 radical (unpaired) electrons. The molecule has 1 aliphatic heterocycles. The van der Waals surface area contributed by atoms with Crippen molar-refractivity contribution in [2.24, 2.45) is 0 Å². The Labute approximate surface area is 126 Å². The van der Waals surface area contributed by atoms with Crippen LogP contribution in [0.2, 0.25) is 0 Å². The summed E-state index contributed by atoms with van der Waals surface area (Å²) in [4.78, 5) is 14.6. The fraction of sp³-hybridized carbons (Fsp3) is 0.471. The van der Waals surface area contributed by atoms with Crippen LogP contribution in [0.1, 0.15) is 30.6 Å². The normalized spacial score (nSPS) is 18.4. The van der Waals surface area contributed by atoms with Crippen LogP contribution in [0.5, 0.6) is 5.75 Å². The number of amides is 1. The Bertz CT molecular complexity index is 513. The molecule has 1 heterocycles. The number of carbonyl (C=O) groups excluding carboxylic acids is 1. The van der Waals surface area contributed by atoms with Crippen molar-refractivity contribution in [3.8, 4) is 5.75 Å². The summed E-state index contributed by atoms with van der Waals surface area (Å²) < 4.78 is 5.70. The molecule has 2 rings (SSSR count). The fourth-order valence-corrected chi connectivity index (χ4v) is 2.42. The molecular weight excluding hydrogens is 264 g/mol. The third-order valence-electron chi connectivity index (χ3n) is 3.63. The molecule has 1 aromatic carbocycles. The van der Waals surface area contributed by atoms with Crippen LogP contribution in [0.3, 0.4) is 0 Å². The van der Waals surface area contributed by atoms with Crippen molar-refractivity contribution in [2.75, 3.05) is 26.2 Å². The number of hydrogen-bond donors (Lipinski definition) is 1. The summed E-state index contributed by atoms with van der Waals surface area (Å²) in [6.07, 6.45) is 1.03. The molecule has 1 atom stereocenters. The number of piperazine rings is 1. The van der Waals surface area contributed by atoms with E-state index in [1.165, 1.54) is 0 Å². The van der Waals surface area contributed by atoms with Gasteiger partial charge in [-0.2, -0.15) is 0 Å². The predicted molar refractivity (Wildman–Crippen MR) is 84.7 cm³/mol. The molecule has 1 fully saturated rings. The van der Waals surface area contributed by atoms with Gasteiger partial charge in [-0.3, -0.25) is 4.79 Å². The topological polar surface area (TPSA) is 41.6 Å². The van der Waals surface area contributed by atoms with Gasteiger partial charge in [0.05, 0.1) is 5.56 Å². The minimum Gasteiger partial charge on any atom is -0.488 e. The summed E-state index contributed by atoms with van der Waals surface area (Å²) in [7, 11) is 0. The van der Waals surface area contributed by atoms with Crippen molar-refractivity contribution >= 4 is 5.91 Å². The Morgan fingerprint density at radius 3 is 2.95 bits per heavy atom. The standard InChI is InChI=1S/C17H24N2O2/c1-4-14-11-19(10-9-18-14)17(20)15-7-5-6-8-16(15)21-12-13(2)3/h5-8,14,18H,2,4,9-12H2,1,3H3. The number of para-hydroxylation sites is 1.